The molecule has 0 saturated heterocycles. The van der Waals surface area contributed by atoms with E-state index < -0.39 is 0 Å². The largest absolute Gasteiger partial charge is 0.389 e. The topological polar surface area (TPSA) is 63.8 Å². The zero-order valence-corrected chi connectivity index (χ0v) is 14.9. The number of hydrogen-bond acceptors (Lipinski definition) is 4. The summed E-state index contributed by atoms with van der Waals surface area (Å²) in [6.45, 7) is 13.9. The quantitative estimate of drug-likeness (QED) is 0.756. The van der Waals surface area contributed by atoms with Crippen LogP contribution in [0.25, 0.3) is 0 Å². The lowest BCUT2D eigenvalue weighted by Crippen LogP contribution is -2.30. The van der Waals surface area contributed by atoms with Crippen LogP contribution in [0.1, 0.15) is 58.4 Å². The average molecular weight is 308 g/mol. The van der Waals surface area contributed by atoms with E-state index in [0.29, 0.717) is 16.7 Å². The van der Waals surface area contributed by atoms with E-state index in [1.165, 1.54) is 0 Å². The standard InChI is InChI=1S/C16H28N4S/c1-7-11-12(8-2)19-20-15(13(11)14(17)21)18-9-16(5,6)10(3)4/h10H,7-9H2,1-6H3,(H2,17,21)(H,18,20). The number of nitrogens with one attached hydrogen (secondary N) is 1. The number of rotatable bonds is 7. The molecule has 0 amide bonds. The molecule has 0 spiro atoms. The number of aryl methyl sites for hydroxylation is 1. The highest BCUT2D eigenvalue weighted by Gasteiger charge is 2.24. The van der Waals surface area contributed by atoms with Gasteiger partial charge in [0.15, 0.2) is 5.82 Å². The van der Waals surface area contributed by atoms with Gasteiger partial charge in [-0.1, -0.05) is 53.8 Å². The van der Waals surface area contributed by atoms with Crippen molar-refractivity contribution in [3.8, 4) is 0 Å². The molecule has 0 aliphatic heterocycles. The summed E-state index contributed by atoms with van der Waals surface area (Å²) < 4.78 is 0. The number of hydrogen-bond donors (Lipinski definition) is 2. The van der Waals surface area contributed by atoms with E-state index in [0.717, 1.165) is 36.2 Å². The van der Waals surface area contributed by atoms with Crippen molar-refractivity contribution in [1.82, 2.24) is 10.2 Å². The predicted molar refractivity (Wildman–Crippen MR) is 93.8 cm³/mol. The van der Waals surface area contributed by atoms with E-state index in [1.54, 1.807) is 0 Å². The van der Waals surface area contributed by atoms with Crippen molar-refractivity contribution in [1.29, 1.82) is 0 Å². The Morgan fingerprint density at radius 1 is 1.24 bits per heavy atom. The van der Waals surface area contributed by atoms with E-state index >= 15 is 0 Å². The second-order valence-corrected chi connectivity index (χ2v) is 6.86. The first kappa shape index (κ1) is 17.8. The van der Waals surface area contributed by atoms with Crippen LogP contribution in [0.5, 0.6) is 0 Å². The summed E-state index contributed by atoms with van der Waals surface area (Å²) >= 11 is 5.24. The predicted octanol–water partition coefficient (Wildman–Crippen LogP) is 3.33. The van der Waals surface area contributed by atoms with Crippen LogP contribution >= 0.6 is 12.2 Å². The minimum atomic E-state index is 0.158. The van der Waals surface area contributed by atoms with Crippen molar-refractivity contribution < 1.29 is 0 Å². The molecule has 0 atom stereocenters. The van der Waals surface area contributed by atoms with Gasteiger partial charge >= 0.3 is 0 Å². The van der Waals surface area contributed by atoms with Crippen LogP contribution in [0, 0.1) is 11.3 Å². The van der Waals surface area contributed by atoms with Crippen LogP contribution in [-0.4, -0.2) is 21.7 Å². The summed E-state index contributed by atoms with van der Waals surface area (Å²) in [5, 5.41) is 12.0. The maximum atomic E-state index is 5.94. The second-order valence-electron chi connectivity index (χ2n) is 6.42. The van der Waals surface area contributed by atoms with Gasteiger partial charge in [0.1, 0.15) is 4.99 Å². The molecule has 0 aliphatic rings. The Balaban J connectivity index is 3.16. The molecule has 0 aliphatic carbocycles. The van der Waals surface area contributed by atoms with Gasteiger partial charge in [0, 0.05) is 6.54 Å². The molecule has 0 bridgehead atoms. The molecule has 3 N–H and O–H groups in total. The number of aromatic nitrogens is 2. The van der Waals surface area contributed by atoms with Crippen molar-refractivity contribution in [2.75, 3.05) is 11.9 Å². The van der Waals surface area contributed by atoms with Crippen molar-refractivity contribution in [3.63, 3.8) is 0 Å². The average Bonchev–Trinajstić information content (AvgIpc) is 2.43. The van der Waals surface area contributed by atoms with Crippen molar-refractivity contribution >= 4 is 23.0 Å². The Bertz CT molecular complexity index is 509. The van der Waals surface area contributed by atoms with Crippen LogP contribution in [0.3, 0.4) is 0 Å². The van der Waals surface area contributed by atoms with E-state index in [-0.39, 0.29) is 5.41 Å². The Hall–Kier alpha value is -1.23. The van der Waals surface area contributed by atoms with Crippen molar-refractivity contribution in [3.05, 3.63) is 16.8 Å². The lowest BCUT2D eigenvalue weighted by Gasteiger charge is -2.30. The van der Waals surface area contributed by atoms with Gasteiger partial charge in [0.25, 0.3) is 0 Å². The number of nitrogens with two attached hydrogens (primary N) is 1. The van der Waals surface area contributed by atoms with Crippen molar-refractivity contribution in [2.24, 2.45) is 17.1 Å². The maximum Gasteiger partial charge on any atom is 0.159 e. The van der Waals surface area contributed by atoms with E-state index in [4.69, 9.17) is 18.0 Å². The third kappa shape index (κ3) is 4.13. The molecule has 5 heteroatoms. The SMILES string of the molecule is CCc1nnc(NCC(C)(C)C(C)C)c(C(N)=S)c1CC. The fraction of sp³-hybridized carbons (Fsp3) is 0.688. The Morgan fingerprint density at radius 3 is 2.29 bits per heavy atom. The fourth-order valence-corrected chi connectivity index (χ4v) is 2.30. The zero-order chi connectivity index (χ0) is 16.2. The summed E-state index contributed by atoms with van der Waals surface area (Å²) in [7, 11) is 0. The highest BCUT2D eigenvalue weighted by atomic mass is 32.1. The third-order valence-corrected chi connectivity index (χ3v) is 4.57. The molecule has 0 unspecified atom stereocenters. The smallest absolute Gasteiger partial charge is 0.159 e. The normalized spacial score (nSPS) is 11.8. The van der Waals surface area contributed by atoms with Gasteiger partial charge in [-0.05, 0) is 29.7 Å². The first-order valence-corrected chi connectivity index (χ1v) is 8.07. The number of nitrogens with zero attached hydrogens (tertiary/aromatic N) is 2. The summed E-state index contributed by atoms with van der Waals surface area (Å²) in [6.07, 6.45) is 1.69. The fourth-order valence-electron chi connectivity index (χ4n) is 2.08. The van der Waals surface area contributed by atoms with Gasteiger partial charge in [-0.2, -0.15) is 5.10 Å². The van der Waals surface area contributed by atoms with Crippen molar-refractivity contribution in [2.45, 2.75) is 54.4 Å². The molecule has 1 rings (SSSR count). The molecule has 4 nitrogen and oxygen atoms in total. The molecule has 1 aromatic heterocycles. The Kier molecular flexibility index (Phi) is 6.08. The maximum absolute atomic E-state index is 5.94. The van der Waals surface area contributed by atoms with Gasteiger partial charge in [-0.15, -0.1) is 5.10 Å². The Labute approximate surface area is 133 Å². The van der Waals surface area contributed by atoms with Gasteiger partial charge in [-0.25, -0.2) is 0 Å². The molecule has 21 heavy (non-hydrogen) atoms. The second kappa shape index (κ2) is 7.16. The third-order valence-electron chi connectivity index (χ3n) is 4.37. The van der Waals surface area contributed by atoms with Gasteiger partial charge in [0.05, 0.1) is 11.3 Å². The first-order valence-electron chi connectivity index (χ1n) is 7.66. The van der Waals surface area contributed by atoms with Gasteiger partial charge < -0.3 is 11.1 Å². The number of thiocarbonyl (C=S) groups is 1. The van der Waals surface area contributed by atoms with Crippen LogP contribution in [-0.2, 0) is 12.8 Å². The first-order chi connectivity index (χ1) is 9.74. The van der Waals surface area contributed by atoms with E-state index in [2.05, 4.69) is 57.1 Å². The molecular weight excluding hydrogens is 280 g/mol. The zero-order valence-electron chi connectivity index (χ0n) is 14.1. The Morgan fingerprint density at radius 2 is 1.86 bits per heavy atom. The minimum absolute atomic E-state index is 0.158. The summed E-state index contributed by atoms with van der Waals surface area (Å²) in [4.78, 5) is 0.390. The van der Waals surface area contributed by atoms with E-state index in [9.17, 15) is 0 Å². The number of anilines is 1. The van der Waals surface area contributed by atoms with Crippen LogP contribution < -0.4 is 11.1 Å². The highest BCUT2D eigenvalue weighted by Crippen LogP contribution is 2.27. The summed E-state index contributed by atoms with van der Waals surface area (Å²) in [6, 6.07) is 0. The van der Waals surface area contributed by atoms with Crippen LogP contribution in [0.2, 0.25) is 0 Å². The molecule has 0 radical (unpaired) electrons. The molecule has 1 aromatic rings. The lowest BCUT2D eigenvalue weighted by molar-refractivity contribution is 0.269. The van der Waals surface area contributed by atoms with E-state index in [1.807, 2.05) is 0 Å². The molecule has 0 aromatic carbocycles. The molecule has 118 valence electrons. The highest BCUT2D eigenvalue weighted by molar-refractivity contribution is 7.80. The van der Waals surface area contributed by atoms with Gasteiger partial charge in [-0.3, -0.25) is 0 Å². The molecule has 0 fully saturated rings. The van der Waals surface area contributed by atoms with Crippen LogP contribution in [0.15, 0.2) is 0 Å². The van der Waals surface area contributed by atoms with Crippen LogP contribution in [0.4, 0.5) is 5.82 Å². The van der Waals surface area contributed by atoms with Gasteiger partial charge in [0.2, 0.25) is 0 Å². The molecule has 0 saturated carbocycles. The molecular formula is C16H28N4S. The monoisotopic (exact) mass is 308 g/mol. The lowest BCUT2D eigenvalue weighted by atomic mass is 9.81. The molecule has 1 heterocycles. The summed E-state index contributed by atoms with van der Waals surface area (Å²) in [5.41, 5.74) is 9.05. The summed E-state index contributed by atoms with van der Waals surface area (Å²) in [5.74, 6) is 1.28. The minimum Gasteiger partial charge on any atom is -0.389 e.